The van der Waals surface area contributed by atoms with E-state index >= 15 is 0 Å². The van der Waals surface area contributed by atoms with Gasteiger partial charge in [-0.1, -0.05) is 0 Å². The second kappa shape index (κ2) is 2.85. The normalized spacial score (nSPS) is 10.2. The first-order chi connectivity index (χ1) is 6.27. The molecule has 0 aliphatic carbocycles. The molecule has 0 fully saturated rings. The third-order valence-electron chi connectivity index (χ3n) is 1.63. The minimum absolute atomic E-state index is 0.150. The fourth-order valence-electron chi connectivity index (χ4n) is 1.13. The maximum absolute atomic E-state index is 10.8. The van der Waals surface area contributed by atoms with E-state index in [-0.39, 0.29) is 5.91 Å². The largest absolute Gasteiger partial charge is 0.344 e. The molecule has 5 nitrogen and oxygen atoms in total. The summed E-state index contributed by atoms with van der Waals surface area (Å²) in [6, 6.07) is 1.80. The van der Waals surface area contributed by atoms with Crippen molar-refractivity contribution in [2.45, 2.75) is 6.92 Å². The van der Waals surface area contributed by atoms with E-state index in [1.807, 2.05) is 0 Å². The third-order valence-corrected chi connectivity index (χ3v) is 1.63. The highest BCUT2D eigenvalue weighted by molar-refractivity contribution is 5.96. The van der Waals surface area contributed by atoms with E-state index in [2.05, 4.69) is 20.3 Å². The zero-order valence-electron chi connectivity index (χ0n) is 7.03. The number of aromatic amines is 1. The van der Waals surface area contributed by atoms with Crippen LogP contribution < -0.4 is 5.32 Å². The maximum atomic E-state index is 10.8. The quantitative estimate of drug-likeness (QED) is 0.678. The van der Waals surface area contributed by atoms with Crippen molar-refractivity contribution in [3.63, 3.8) is 0 Å². The number of amides is 1. The summed E-state index contributed by atoms with van der Waals surface area (Å²) in [5.41, 5.74) is 1.54. The summed E-state index contributed by atoms with van der Waals surface area (Å²) in [4.78, 5) is 21.8. The third kappa shape index (κ3) is 1.35. The molecule has 0 aliphatic rings. The molecule has 0 radical (unpaired) electrons. The average molecular weight is 176 g/mol. The van der Waals surface area contributed by atoms with Crippen molar-refractivity contribution in [3.8, 4) is 0 Å². The second-order valence-corrected chi connectivity index (χ2v) is 2.64. The monoisotopic (exact) mass is 176 g/mol. The zero-order valence-corrected chi connectivity index (χ0v) is 7.03. The van der Waals surface area contributed by atoms with E-state index in [9.17, 15) is 4.79 Å². The van der Waals surface area contributed by atoms with Gasteiger partial charge in [-0.3, -0.25) is 4.79 Å². The molecule has 0 aromatic carbocycles. The number of anilines is 1. The van der Waals surface area contributed by atoms with Crippen LogP contribution in [0.15, 0.2) is 18.6 Å². The van der Waals surface area contributed by atoms with Crippen molar-refractivity contribution in [1.29, 1.82) is 0 Å². The van der Waals surface area contributed by atoms with Gasteiger partial charge in [-0.05, 0) is 6.07 Å². The topological polar surface area (TPSA) is 70.7 Å². The van der Waals surface area contributed by atoms with Crippen molar-refractivity contribution in [2.24, 2.45) is 0 Å². The number of nitrogens with zero attached hydrogens (tertiary/aromatic N) is 2. The second-order valence-electron chi connectivity index (χ2n) is 2.64. The lowest BCUT2D eigenvalue weighted by atomic mass is 10.4. The van der Waals surface area contributed by atoms with Gasteiger partial charge in [0.25, 0.3) is 0 Å². The number of hydrogen-bond acceptors (Lipinski definition) is 3. The lowest BCUT2D eigenvalue weighted by Gasteiger charge is -1.99. The fraction of sp³-hybridized carbons (Fsp3) is 0.125. The molecule has 0 atom stereocenters. The molecule has 2 rings (SSSR count). The fourth-order valence-corrected chi connectivity index (χ4v) is 1.13. The number of H-pyrrole nitrogens is 1. The molecule has 0 bridgehead atoms. The summed E-state index contributed by atoms with van der Waals surface area (Å²) < 4.78 is 0. The van der Waals surface area contributed by atoms with Gasteiger partial charge in [0, 0.05) is 13.1 Å². The summed E-state index contributed by atoms with van der Waals surface area (Å²) >= 11 is 0. The van der Waals surface area contributed by atoms with Gasteiger partial charge >= 0.3 is 0 Å². The standard InChI is InChI=1S/C8H8N4O/c1-5(13)12-8-7-6(2-3-9-8)10-4-11-7/h2-4H,1H3,(H,10,11)(H,9,12,13). The Labute approximate surface area is 74.2 Å². The highest BCUT2D eigenvalue weighted by Gasteiger charge is 2.04. The Hall–Kier alpha value is -1.91. The molecule has 0 saturated carbocycles. The number of rotatable bonds is 1. The summed E-state index contributed by atoms with van der Waals surface area (Å²) in [6.45, 7) is 1.44. The number of carbonyl (C=O) groups excluding carboxylic acids is 1. The first kappa shape index (κ1) is 7.72. The summed E-state index contributed by atoms with van der Waals surface area (Å²) in [7, 11) is 0. The van der Waals surface area contributed by atoms with E-state index in [1.54, 1.807) is 18.6 Å². The van der Waals surface area contributed by atoms with Gasteiger partial charge in [0.1, 0.15) is 5.52 Å². The first-order valence-corrected chi connectivity index (χ1v) is 3.83. The van der Waals surface area contributed by atoms with Crippen LogP contribution in [0.4, 0.5) is 5.82 Å². The Balaban J connectivity index is 2.54. The predicted octanol–water partition coefficient (Wildman–Crippen LogP) is 0.916. The van der Waals surface area contributed by atoms with E-state index in [0.717, 1.165) is 5.52 Å². The van der Waals surface area contributed by atoms with E-state index in [1.165, 1.54) is 6.92 Å². The molecule has 5 heteroatoms. The van der Waals surface area contributed by atoms with E-state index in [0.29, 0.717) is 11.3 Å². The van der Waals surface area contributed by atoms with Crippen LogP contribution in [-0.2, 0) is 4.79 Å². The highest BCUT2D eigenvalue weighted by atomic mass is 16.1. The molecule has 2 aromatic rings. The van der Waals surface area contributed by atoms with Crippen LogP contribution in [0.2, 0.25) is 0 Å². The van der Waals surface area contributed by atoms with Crippen LogP contribution in [0, 0.1) is 0 Å². The Morgan fingerprint density at radius 1 is 1.54 bits per heavy atom. The number of aromatic nitrogens is 3. The molecule has 0 spiro atoms. The Bertz CT molecular complexity index is 448. The molecule has 0 unspecified atom stereocenters. The zero-order chi connectivity index (χ0) is 9.26. The minimum Gasteiger partial charge on any atom is -0.344 e. The van der Waals surface area contributed by atoms with Gasteiger partial charge in [-0.15, -0.1) is 0 Å². The van der Waals surface area contributed by atoms with Crippen molar-refractivity contribution in [2.75, 3.05) is 5.32 Å². The molecule has 0 aliphatic heterocycles. The van der Waals surface area contributed by atoms with Gasteiger partial charge in [0.05, 0.1) is 11.8 Å². The van der Waals surface area contributed by atoms with Crippen LogP contribution >= 0.6 is 0 Å². The summed E-state index contributed by atoms with van der Waals surface area (Å²) in [6.07, 6.45) is 3.18. The minimum atomic E-state index is -0.150. The molecule has 2 N–H and O–H groups in total. The van der Waals surface area contributed by atoms with Crippen LogP contribution in [0.25, 0.3) is 11.0 Å². The molecule has 2 heterocycles. The number of fused-ring (bicyclic) bond motifs is 1. The number of carbonyl (C=O) groups is 1. The van der Waals surface area contributed by atoms with Crippen molar-refractivity contribution in [3.05, 3.63) is 18.6 Å². The predicted molar refractivity (Wildman–Crippen MR) is 48.2 cm³/mol. The summed E-state index contributed by atoms with van der Waals surface area (Å²) in [5, 5.41) is 2.60. The number of imidazole rings is 1. The summed E-state index contributed by atoms with van der Waals surface area (Å²) in [5.74, 6) is 0.342. The molecule has 13 heavy (non-hydrogen) atoms. The van der Waals surface area contributed by atoms with Crippen LogP contribution in [-0.4, -0.2) is 20.9 Å². The smallest absolute Gasteiger partial charge is 0.222 e. The number of hydrogen-bond donors (Lipinski definition) is 2. The highest BCUT2D eigenvalue weighted by Crippen LogP contribution is 2.15. The van der Waals surface area contributed by atoms with E-state index < -0.39 is 0 Å². The maximum Gasteiger partial charge on any atom is 0.222 e. The first-order valence-electron chi connectivity index (χ1n) is 3.83. The van der Waals surface area contributed by atoms with Crippen LogP contribution in [0.1, 0.15) is 6.92 Å². The SMILES string of the molecule is CC(=O)Nc1nccc2[nH]cnc12. The number of nitrogens with one attached hydrogen (secondary N) is 2. The van der Waals surface area contributed by atoms with Gasteiger partial charge in [0.15, 0.2) is 5.82 Å². The van der Waals surface area contributed by atoms with Crippen LogP contribution in [0.5, 0.6) is 0 Å². The lowest BCUT2D eigenvalue weighted by Crippen LogP contribution is -2.07. The Kier molecular flexibility index (Phi) is 1.70. The number of pyridine rings is 1. The van der Waals surface area contributed by atoms with Gasteiger partial charge in [-0.25, -0.2) is 9.97 Å². The van der Waals surface area contributed by atoms with Crippen LogP contribution in [0.3, 0.4) is 0 Å². The molecule has 1 amide bonds. The van der Waals surface area contributed by atoms with Gasteiger partial charge in [-0.2, -0.15) is 0 Å². The Morgan fingerprint density at radius 2 is 2.38 bits per heavy atom. The molecule has 0 saturated heterocycles. The van der Waals surface area contributed by atoms with Gasteiger partial charge in [0.2, 0.25) is 5.91 Å². The van der Waals surface area contributed by atoms with Gasteiger partial charge < -0.3 is 10.3 Å². The molecule has 66 valence electrons. The molecule has 2 aromatic heterocycles. The molecular formula is C8H8N4O. The van der Waals surface area contributed by atoms with E-state index in [4.69, 9.17) is 0 Å². The molecular weight excluding hydrogens is 168 g/mol. The average Bonchev–Trinajstić information content (AvgIpc) is 2.51. The van der Waals surface area contributed by atoms with Crippen molar-refractivity contribution >= 4 is 22.8 Å². The Morgan fingerprint density at radius 3 is 3.15 bits per heavy atom. The van der Waals surface area contributed by atoms with Crippen molar-refractivity contribution in [1.82, 2.24) is 15.0 Å². The lowest BCUT2D eigenvalue weighted by molar-refractivity contribution is -0.114. The van der Waals surface area contributed by atoms with Crippen molar-refractivity contribution < 1.29 is 4.79 Å².